The van der Waals surface area contributed by atoms with E-state index >= 15 is 4.39 Å². The van der Waals surface area contributed by atoms with Crippen molar-refractivity contribution in [2.75, 3.05) is 6.61 Å². The van der Waals surface area contributed by atoms with Gasteiger partial charge in [-0.15, -0.1) is 0 Å². The summed E-state index contributed by atoms with van der Waals surface area (Å²) < 4.78 is 54.6. The quantitative estimate of drug-likeness (QED) is 0.130. The van der Waals surface area contributed by atoms with Gasteiger partial charge in [-0.25, -0.2) is 28.7 Å². The molecule has 12 heteroatoms. The lowest BCUT2D eigenvalue weighted by atomic mass is 9.95. The van der Waals surface area contributed by atoms with E-state index in [1.165, 1.54) is 31.2 Å². The number of halogens is 2. The maximum absolute atomic E-state index is 15.1. The molecule has 5 aromatic rings. The van der Waals surface area contributed by atoms with E-state index in [4.69, 9.17) is 18.9 Å². The maximum atomic E-state index is 15.1. The molecule has 4 atom stereocenters. The second-order valence-corrected chi connectivity index (χ2v) is 10.4. The molecule has 0 unspecified atom stereocenters. The largest absolute Gasteiger partial charge is 0.459 e. The zero-order chi connectivity index (χ0) is 31.6. The van der Waals surface area contributed by atoms with E-state index in [1.54, 1.807) is 66.7 Å². The summed E-state index contributed by atoms with van der Waals surface area (Å²) in [4.78, 5) is 47.2. The number of carbonyl (C=O) groups is 3. The number of nitrogens with zero attached hydrogens (tertiary/aromatic N) is 3. The third-order valence-electron chi connectivity index (χ3n) is 7.41. The van der Waals surface area contributed by atoms with Crippen LogP contribution in [-0.2, 0) is 18.9 Å². The topological polar surface area (TPSA) is 119 Å². The van der Waals surface area contributed by atoms with Crippen LogP contribution in [0.5, 0.6) is 0 Å². The van der Waals surface area contributed by atoms with Gasteiger partial charge in [-0.05, 0) is 43.3 Å². The minimum absolute atomic E-state index is 0.166. The molecular formula is C33H25F2N3O7. The first-order valence-electron chi connectivity index (χ1n) is 13.8. The van der Waals surface area contributed by atoms with E-state index in [1.807, 2.05) is 0 Å². The smallest absolute Gasteiger partial charge is 0.338 e. The highest BCUT2D eigenvalue weighted by atomic mass is 19.1. The first kappa shape index (κ1) is 29.6. The van der Waals surface area contributed by atoms with Crippen LogP contribution < -0.4 is 0 Å². The average Bonchev–Trinajstić information content (AvgIpc) is 3.63. The molecule has 45 heavy (non-hydrogen) atoms. The second kappa shape index (κ2) is 12.2. The average molecular weight is 614 g/mol. The van der Waals surface area contributed by atoms with Gasteiger partial charge in [0.25, 0.3) is 0 Å². The van der Waals surface area contributed by atoms with Crippen molar-refractivity contribution in [3.8, 4) is 0 Å². The van der Waals surface area contributed by atoms with Gasteiger partial charge >= 0.3 is 17.9 Å². The summed E-state index contributed by atoms with van der Waals surface area (Å²) in [7, 11) is 0. The molecule has 1 saturated heterocycles. The van der Waals surface area contributed by atoms with Gasteiger partial charge < -0.3 is 18.9 Å². The third-order valence-corrected chi connectivity index (χ3v) is 7.41. The van der Waals surface area contributed by atoms with Crippen molar-refractivity contribution >= 4 is 28.9 Å². The van der Waals surface area contributed by atoms with Gasteiger partial charge in [-0.1, -0.05) is 54.6 Å². The number of imidazole rings is 1. The summed E-state index contributed by atoms with van der Waals surface area (Å²) in [5.74, 6) is -4.26. The van der Waals surface area contributed by atoms with Crippen molar-refractivity contribution in [2.24, 2.45) is 0 Å². The highest BCUT2D eigenvalue weighted by Crippen LogP contribution is 2.45. The van der Waals surface area contributed by atoms with E-state index in [2.05, 4.69) is 9.97 Å². The molecule has 0 bridgehead atoms. The van der Waals surface area contributed by atoms with Crippen LogP contribution in [0.2, 0.25) is 0 Å². The molecule has 0 saturated carbocycles. The Kier molecular flexibility index (Phi) is 8.05. The molecule has 0 radical (unpaired) electrons. The first-order valence-corrected chi connectivity index (χ1v) is 13.8. The molecule has 3 aromatic carbocycles. The number of hydrogen-bond acceptors (Lipinski definition) is 9. The second-order valence-electron chi connectivity index (χ2n) is 10.4. The number of benzene rings is 3. The van der Waals surface area contributed by atoms with E-state index in [0.29, 0.717) is 6.20 Å². The van der Waals surface area contributed by atoms with Crippen molar-refractivity contribution in [2.45, 2.75) is 31.0 Å². The van der Waals surface area contributed by atoms with Crippen molar-refractivity contribution in [1.82, 2.24) is 14.5 Å². The van der Waals surface area contributed by atoms with Crippen LogP contribution >= 0.6 is 0 Å². The van der Waals surface area contributed by atoms with Crippen LogP contribution in [0.15, 0.2) is 104 Å². The Morgan fingerprint density at radius 1 is 0.822 bits per heavy atom. The van der Waals surface area contributed by atoms with Crippen molar-refractivity contribution < 1.29 is 42.1 Å². The Morgan fingerprint density at radius 2 is 1.38 bits per heavy atom. The first-order chi connectivity index (χ1) is 21.8. The summed E-state index contributed by atoms with van der Waals surface area (Å²) in [6, 6.07) is 24.2. The number of ether oxygens (including phenoxy) is 4. The highest BCUT2D eigenvalue weighted by molar-refractivity contribution is 5.91. The predicted molar refractivity (Wildman–Crippen MR) is 154 cm³/mol. The van der Waals surface area contributed by atoms with Gasteiger partial charge in [0.15, 0.2) is 23.8 Å². The van der Waals surface area contributed by atoms with Gasteiger partial charge in [0.05, 0.1) is 29.2 Å². The third kappa shape index (κ3) is 5.75. The summed E-state index contributed by atoms with van der Waals surface area (Å²) in [6.45, 7) is 0.966. The Hall–Kier alpha value is -5.49. The summed E-state index contributed by atoms with van der Waals surface area (Å²) in [5.41, 5.74) is -2.03. The van der Waals surface area contributed by atoms with Crippen molar-refractivity contribution in [1.29, 1.82) is 0 Å². The van der Waals surface area contributed by atoms with Gasteiger partial charge in [-0.3, -0.25) is 4.57 Å². The molecule has 0 aliphatic carbocycles. The highest BCUT2D eigenvalue weighted by Gasteiger charge is 2.61. The number of carbonyl (C=O) groups excluding carboxylic acids is 3. The Balaban J connectivity index is 1.43. The number of esters is 3. The molecule has 6 rings (SSSR count). The van der Waals surface area contributed by atoms with Crippen LogP contribution in [0.4, 0.5) is 8.78 Å². The predicted octanol–water partition coefficient (Wildman–Crippen LogP) is 5.31. The van der Waals surface area contributed by atoms with E-state index in [9.17, 15) is 18.8 Å². The number of pyridine rings is 1. The lowest BCUT2D eigenvalue weighted by molar-refractivity contribution is -0.108. The molecule has 3 heterocycles. The van der Waals surface area contributed by atoms with Gasteiger partial charge in [0, 0.05) is 0 Å². The molecular weight excluding hydrogens is 588 g/mol. The standard InChI is InChI=1S/C33H25F2N3O7/c1-33(45-31(41)22-15-9-4-10-16-22)27(44-30(40)21-13-7-3-8-14-21)24(18-42-29(39)20-11-5-2-6-12-20)43-32(33)38-19-37-25-23(34)17-36-28(35)26(25)38/h2-17,19,24,27,32H,18H2,1H3/t24-,27-,32-,33-/m1/s1. The van der Waals surface area contributed by atoms with E-state index < -0.39 is 60.3 Å². The molecule has 1 aliphatic rings. The summed E-state index contributed by atoms with van der Waals surface area (Å²) in [6.07, 6.45) is -2.33. The number of fused-ring (bicyclic) bond motifs is 1. The summed E-state index contributed by atoms with van der Waals surface area (Å²) >= 11 is 0. The van der Waals surface area contributed by atoms with Gasteiger partial charge in [0.1, 0.15) is 23.7 Å². The van der Waals surface area contributed by atoms with Gasteiger partial charge in [0.2, 0.25) is 5.95 Å². The molecule has 0 amide bonds. The fourth-order valence-electron chi connectivity index (χ4n) is 5.21. The Morgan fingerprint density at radius 3 is 1.98 bits per heavy atom. The molecule has 1 fully saturated rings. The molecule has 228 valence electrons. The van der Waals surface area contributed by atoms with Crippen molar-refractivity contribution in [3.63, 3.8) is 0 Å². The summed E-state index contributed by atoms with van der Waals surface area (Å²) in [5, 5.41) is 0. The number of aromatic nitrogens is 3. The fraction of sp³-hybridized carbons (Fsp3) is 0.182. The van der Waals surface area contributed by atoms with E-state index in [-0.39, 0.29) is 27.7 Å². The lowest BCUT2D eigenvalue weighted by Crippen LogP contribution is -2.50. The SMILES string of the molecule is C[C@@]1(OC(=O)c2ccccc2)[C@H](OC(=O)c2ccccc2)[C@@H](COC(=O)c2ccccc2)O[C@H]1n1cnc2c(F)cnc(F)c21. The number of hydrogen-bond donors (Lipinski definition) is 0. The van der Waals surface area contributed by atoms with Crippen LogP contribution in [-0.4, -0.2) is 56.9 Å². The minimum Gasteiger partial charge on any atom is -0.459 e. The fourth-order valence-corrected chi connectivity index (χ4v) is 5.21. The molecule has 10 nitrogen and oxygen atoms in total. The van der Waals surface area contributed by atoms with Crippen LogP contribution in [0, 0.1) is 11.8 Å². The lowest BCUT2D eigenvalue weighted by Gasteiger charge is -2.34. The normalized spacial score (nSPS) is 20.9. The molecule has 0 N–H and O–H groups in total. The van der Waals surface area contributed by atoms with Gasteiger partial charge in [-0.2, -0.15) is 4.39 Å². The van der Waals surface area contributed by atoms with Crippen LogP contribution in [0.3, 0.4) is 0 Å². The Labute approximate surface area is 255 Å². The zero-order valence-electron chi connectivity index (χ0n) is 23.7. The minimum atomic E-state index is -1.91. The zero-order valence-corrected chi connectivity index (χ0v) is 23.7. The molecule has 2 aromatic heterocycles. The van der Waals surface area contributed by atoms with E-state index in [0.717, 1.165) is 10.9 Å². The molecule has 0 spiro atoms. The van der Waals surface area contributed by atoms with Crippen LogP contribution in [0.1, 0.15) is 44.2 Å². The Bertz CT molecular complexity index is 1850. The number of rotatable bonds is 8. The monoisotopic (exact) mass is 613 g/mol. The van der Waals surface area contributed by atoms with Crippen LogP contribution in [0.25, 0.3) is 11.0 Å². The molecule has 1 aliphatic heterocycles. The van der Waals surface area contributed by atoms with Crippen molar-refractivity contribution in [3.05, 3.63) is 132 Å². The maximum Gasteiger partial charge on any atom is 0.338 e.